The molecule has 0 fully saturated rings. The standard InChI is InChI=1S/C67H58BN3S/c1-65(2,3)40-27-31-43(32-28-40)69(44-33-29-41(30-34-44)66(4,5)6)45-35-36-52-57(39-45)70(56-25-15-20-49-47-18-11-13-26-59(47)72-64(49)56)58-38-42(67(7,8)9)37-51-60-50-21-14-19-48-46-17-10-12-23-54(46)71(63(48)50)55-24-16-22-53(61(55)60)68(52)62(51)58/h10-39,60H,1-9H3/i10D,11D,12D,13D,14D,15D,16D,17D,18D,19D,20D,21D,22D,23D,24D,25D,26D,27D,28D,29D,30D,31D,32D,33D,34D,35D,36D,37D,38D,39D. The lowest BCUT2D eigenvalue weighted by molar-refractivity contribution is 0.589. The van der Waals surface area contributed by atoms with E-state index in [9.17, 15) is 35.6 Å². The van der Waals surface area contributed by atoms with Crippen LogP contribution in [0.15, 0.2) is 181 Å². The summed E-state index contributed by atoms with van der Waals surface area (Å²) in [6.45, 7) is 12.6. The average Bonchev–Trinajstić information content (AvgIpc) is 1.15. The van der Waals surface area contributed by atoms with Gasteiger partial charge in [-0.25, -0.2) is 0 Å². The number of para-hydroxylation sites is 2. The van der Waals surface area contributed by atoms with Gasteiger partial charge < -0.3 is 14.4 Å². The highest BCUT2D eigenvalue weighted by Crippen LogP contribution is 2.53. The Kier molecular flexibility index (Phi) is 4.74. The molecule has 0 saturated heterocycles. The molecular weight excluding hydrogens is 890 g/mol. The number of fused-ring (bicyclic) bond motifs is 12. The largest absolute Gasteiger partial charge is 0.310 e. The second kappa shape index (κ2) is 15.1. The van der Waals surface area contributed by atoms with Crippen LogP contribution < -0.4 is 26.2 Å². The summed E-state index contributed by atoms with van der Waals surface area (Å²) in [5, 5.41) is -1.28. The van der Waals surface area contributed by atoms with Crippen molar-refractivity contribution in [2.75, 3.05) is 9.80 Å². The number of benzene rings is 9. The zero-order valence-corrected chi connectivity index (χ0v) is 41.2. The minimum atomic E-state index is -1.98. The Labute approximate surface area is 470 Å². The van der Waals surface area contributed by atoms with Crippen molar-refractivity contribution < 1.29 is 41.1 Å². The van der Waals surface area contributed by atoms with Gasteiger partial charge >= 0.3 is 0 Å². The number of rotatable bonds is 4. The minimum absolute atomic E-state index is 0.135. The first-order valence-corrected chi connectivity index (χ1v) is 24.2. The van der Waals surface area contributed by atoms with E-state index in [2.05, 4.69) is 0 Å². The van der Waals surface area contributed by atoms with Crippen molar-refractivity contribution in [1.82, 2.24) is 4.57 Å². The highest BCUT2D eigenvalue weighted by Gasteiger charge is 2.47. The predicted octanol–water partition coefficient (Wildman–Crippen LogP) is 16.6. The highest BCUT2D eigenvalue weighted by atomic mass is 32.1. The molecule has 2 aromatic heterocycles. The number of thiophene rings is 1. The Bertz CT molecular complexity index is 5740. The highest BCUT2D eigenvalue weighted by molar-refractivity contribution is 7.26. The summed E-state index contributed by atoms with van der Waals surface area (Å²) in [6.07, 6.45) is 0. The first-order valence-electron chi connectivity index (χ1n) is 38.4. The summed E-state index contributed by atoms with van der Waals surface area (Å²) in [7, 11) is 0. The van der Waals surface area contributed by atoms with Gasteiger partial charge in [0.05, 0.1) is 62.5 Å². The predicted molar refractivity (Wildman–Crippen MR) is 311 cm³/mol. The molecule has 0 N–H and O–H groups in total. The third kappa shape index (κ3) is 6.22. The third-order valence-corrected chi connectivity index (χ3v) is 14.8. The maximum absolute atomic E-state index is 11.2. The van der Waals surface area contributed by atoms with Crippen LogP contribution >= 0.6 is 11.3 Å². The molecule has 350 valence electrons. The van der Waals surface area contributed by atoms with E-state index >= 15 is 0 Å². The number of hydrogen-bond acceptors (Lipinski definition) is 3. The van der Waals surface area contributed by atoms with Gasteiger partial charge in [-0.15, -0.1) is 11.3 Å². The Morgan fingerprint density at radius 1 is 0.472 bits per heavy atom. The first kappa shape index (κ1) is 22.6. The molecule has 5 heterocycles. The molecule has 0 radical (unpaired) electrons. The maximum Gasteiger partial charge on any atom is 0.247 e. The van der Waals surface area contributed by atoms with Crippen LogP contribution in [0.1, 0.15) is 143 Å². The normalized spacial score (nSPS) is 20.7. The van der Waals surface area contributed by atoms with Crippen LogP contribution in [0.5, 0.6) is 0 Å². The number of hydrogen-bond donors (Lipinski definition) is 0. The summed E-state index contributed by atoms with van der Waals surface area (Å²) in [5.41, 5.74) is -11.5. The summed E-state index contributed by atoms with van der Waals surface area (Å²) in [4.78, 5) is 1.70. The van der Waals surface area contributed by atoms with E-state index in [0.717, 1.165) is 4.90 Å². The summed E-state index contributed by atoms with van der Waals surface area (Å²) in [5.74, 6) is -1.75. The molecule has 3 aliphatic heterocycles. The summed E-state index contributed by atoms with van der Waals surface area (Å²) in [6, 6.07) is -23.5. The second-order valence-corrected chi connectivity index (χ2v) is 22.4. The van der Waals surface area contributed by atoms with Gasteiger partial charge in [-0.1, -0.05) is 183 Å². The van der Waals surface area contributed by atoms with E-state index in [0.29, 0.717) is 16.2 Å². The number of anilines is 6. The van der Waals surface area contributed by atoms with Crippen molar-refractivity contribution in [3.8, 4) is 5.69 Å². The molecule has 0 saturated carbocycles. The van der Waals surface area contributed by atoms with Crippen LogP contribution in [0, 0.1) is 0 Å². The molecule has 9 aromatic carbocycles. The van der Waals surface area contributed by atoms with E-state index in [1.807, 2.05) is 0 Å². The molecule has 1 atom stereocenters. The lowest BCUT2D eigenvalue weighted by Gasteiger charge is -2.45. The molecule has 72 heavy (non-hydrogen) atoms. The molecule has 0 spiro atoms. The van der Waals surface area contributed by atoms with Crippen LogP contribution in [-0.2, 0) is 16.2 Å². The lowest BCUT2D eigenvalue weighted by Crippen LogP contribution is -2.62. The van der Waals surface area contributed by atoms with Crippen LogP contribution in [-0.4, -0.2) is 11.3 Å². The zero-order valence-electron chi connectivity index (χ0n) is 70.4. The third-order valence-electron chi connectivity index (χ3n) is 13.7. The van der Waals surface area contributed by atoms with Crippen molar-refractivity contribution in [1.29, 1.82) is 0 Å². The van der Waals surface area contributed by atoms with Crippen LogP contribution in [0.3, 0.4) is 0 Å². The molecule has 3 aliphatic rings. The van der Waals surface area contributed by atoms with Crippen molar-refractivity contribution in [2.45, 2.75) is 84.5 Å². The molecule has 3 nitrogen and oxygen atoms in total. The van der Waals surface area contributed by atoms with Crippen molar-refractivity contribution >= 4 is 111 Å². The molecular formula is C67H58BN3S. The smallest absolute Gasteiger partial charge is 0.247 e. The van der Waals surface area contributed by atoms with E-state index in [-0.39, 0.29) is 92.0 Å². The van der Waals surface area contributed by atoms with E-state index in [1.165, 1.54) is 4.57 Å². The fraction of sp³-hybridized carbons (Fsp3) is 0.194. The van der Waals surface area contributed by atoms with Gasteiger partial charge in [0.15, 0.2) is 0 Å². The fourth-order valence-corrected chi connectivity index (χ4v) is 11.3. The van der Waals surface area contributed by atoms with Crippen LogP contribution in [0.4, 0.5) is 34.1 Å². The topological polar surface area (TPSA) is 11.4 Å². The molecule has 0 bridgehead atoms. The lowest BCUT2D eigenvalue weighted by atomic mass is 9.30. The number of aromatic nitrogens is 1. The van der Waals surface area contributed by atoms with Gasteiger partial charge in [0.1, 0.15) is 0 Å². The monoisotopic (exact) mass is 978 g/mol. The van der Waals surface area contributed by atoms with E-state index in [1.54, 1.807) is 62.3 Å². The number of nitrogens with zero attached hydrogens (tertiary/aromatic N) is 3. The summed E-state index contributed by atoms with van der Waals surface area (Å²) >= 11 is 0.613. The van der Waals surface area contributed by atoms with Gasteiger partial charge in [-0.3, -0.25) is 0 Å². The Morgan fingerprint density at radius 3 is 1.78 bits per heavy atom. The Balaban J connectivity index is 1.30. The second-order valence-electron chi connectivity index (χ2n) is 21.4. The van der Waals surface area contributed by atoms with Crippen molar-refractivity contribution in [2.24, 2.45) is 0 Å². The quantitative estimate of drug-likeness (QED) is 0.163. The maximum atomic E-state index is 11.2. The van der Waals surface area contributed by atoms with Gasteiger partial charge in [-0.2, -0.15) is 0 Å². The molecule has 14 rings (SSSR count). The van der Waals surface area contributed by atoms with Crippen LogP contribution in [0.2, 0.25) is 0 Å². The van der Waals surface area contributed by atoms with Gasteiger partial charge in [0.25, 0.3) is 0 Å². The van der Waals surface area contributed by atoms with Crippen LogP contribution in [0.25, 0.3) is 47.7 Å². The first-order chi connectivity index (χ1) is 47.2. The fourth-order valence-electron chi connectivity index (χ4n) is 10.2. The molecule has 1 unspecified atom stereocenters. The van der Waals surface area contributed by atoms with Crippen molar-refractivity contribution in [3.05, 3.63) is 215 Å². The molecule has 11 aromatic rings. The van der Waals surface area contributed by atoms with Gasteiger partial charge in [-0.05, 0) is 127 Å². The minimum Gasteiger partial charge on any atom is -0.310 e. The Morgan fingerprint density at radius 2 is 1.07 bits per heavy atom. The zero-order chi connectivity index (χ0) is 75.3. The van der Waals surface area contributed by atoms with Gasteiger partial charge in [0.2, 0.25) is 6.71 Å². The molecule has 0 aliphatic carbocycles. The van der Waals surface area contributed by atoms with Gasteiger partial charge in [0, 0.05) is 66.3 Å². The van der Waals surface area contributed by atoms with E-state index in [4.69, 9.17) is 5.48 Å². The summed E-state index contributed by atoms with van der Waals surface area (Å²) < 4.78 is 295. The Hall–Kier alpha value is -7.34. The molecule has 0 amide bonds. The van der Waals surface area contributed by atoms with Crippen molar-refractivity contribution in [3.63, 3.8) is 0 Å². The average molecular weight is 978 g/mol. The SMILES string of the molecule is [2H]c1c([2H])c2c3c(c1[2H])-n1c4c([2H])c([2H])c([2H])c([2H])c4c4c([2H])c([2H])c([2H])c(c41)C3c1c([2H])c(C(C)(C)C)c([2H])c3c1B2c1c([2H])c([2H])c(N(c2c([2H])c([2H])c(C(C)(C)C)c([2H])c2[2H])c2c([2H])c([2H])c(C(C)(C)C)c([2H])c2[2H])c([2H])c1N3c1c([2H])c([2H])c([2H])c2c1sc1c([2H])c([2H])c([2H])c([2H])c12. The van der Waals surface area contributed by atoms with E-state index < -0.39 is 250 Å². The molecule has 5 heteroatoms.